The molecule has 35 heavy (non-hydrogen) atoms. The van der Waals surface area contributed by atoms with Crippen LogP contribution >= 0.6 is 11.8 Å². The summed E-state index contributed by atoms with van der Waals surface area (Å²) >= 11 is 1.84. The lowest BCUT2D eigenvalue weighted by Crippen LogP contribution is -2.25. The van der Waals surface area contributed by atoms with Crippen molar-refractivity contribution in [2.75, 3.05) is 32.0 Å². The highest BCUT2D eigenvalue weighted by molar-refractivity contribution is 7.99. The molecule has 2 atom stereocenters. The van der Waals surface area contributed by atoms with Gasteiger partial charge in [-0.3, -0.25) is 0 Å². The number of nitrogens with zero attached hydrogens (tertiary/aromatic N) is 1. The zero-order valence-corrected chi connectivity index (χ0v) is 20.1. The van der Waals surface area contributed by atoms with Crippen molar-refractivity contribution in [3.8, 4) is 11.5 Å². The topological polar surface area (TPSA) is 32.7 Å². The lowest BCUT2D eigenvalue weighted by atomic mass is 9.75. The fourth-order valence-electron chi connectivity index (χ4n) is 5.09. The third-order valence-electron chi connectivity index (χ3n) is 6.93. The second-order valence-corrected chi connectivity index (χ2v) is 10.4. The normalized spacial score (nSPS) is 20.4. The van der Waals surface area contributed by atoms with Crippen LogP contribution in [0.4, 0.5) is 13.2 Å². The van der Waals surface area contributed by atoms with E-state index in [9.17, 15) is 18.3 Å². The fourth-order valence-corrected chi connectivity index (χ4v) is 6.01. The Labute approximate surface area is 207 Å². The van der Waals surface area contributed by atoms with Gasteiger partial charge in [-0.15, -0.1) is 11.8 Å². The lowest BCUT2D eigenvalue weighted by Gasteiger charge is -2.34. The molecule has 1 saturated heterocycles. The van der Waals surface area contributed by atoms with Crippen molar-refractivity contribution in [1.29, 1.82) is 0 Å². The zero-order valence-electron chi connectivity index (χ0n) is 19.3. The van der Waals surface area contributed by atoms with Crippen LogP contribution in [0, 0.1) is 0 Å². The Morgan fingerprint density at radius 3 is 2.29 bits per heavy atom. The number of aromatic hydroxyl groups is 1. The first-order valence-corrected chi connectivity index (χ1v) is 12.9. The highest BCUT2D eigenvalue weighted by atomic mass is 32.2. The van der Waals surface area contributed by atoms with Gasteiger partial charge in [0.15, 0.2) is 0 Å². The van der Waals surface area contributed by atoms with Gasteiger partial charge in [0.2, 0.25) is 0 Å². The van der Waals surface area contributed by atoms with Crippen molar-refractivity contribution in [3.05, 3.63) is 89.0 Å². The summed E-state index contributed by atoms with van der Waals surface area (Å²) in [5, 5.41) is 10.2. The molecule has 3 aromatic rings. The average molecular weight is 500 g/mol. The number of phenolic OH excluding ortho intramolecular Hbond substituents is 1. The van der Waals surface area contributed by atoms with E-state index in [0.717, 1.165) is 41.1 Å². The average Bonchev–Trinajstić information content (AvgIpc) is 3.37. The van der Waals surface area contributed by atoms with Crippen molar-refractivity contribution in [1.82, 2.24) is 4.90 Å². The van der Waals surface area contributed by atoms with E-state index < -0.39 is 11.7 Å². The minimum atomic E-state index is -4.37. The van der Waals surface area contributed by atoms with Gasteiger partial charge < -0.3 is 14.7 Å². The van der Waals surface area contributed by atoms with Gasteiger partial charge in [0, 0.05) is 34.6 Å². The van der Waals surface area contributed by atoms with E-state index in [4.69, 9.17) is 4.74 Å². The summed E-state index contributed by atoms with van der Waals surface area (Å²) in [4.78, 5) is 3.70. The Morgan fingerprint density at radius 2 is 1.60 bits per heavy atom. The zero-order chi connectivity index (χ0) is 24.4. The highest BCUT2D eigenvalue weighted by Crippen LogP contribution is 2.47. The number of phenols is 1. The third-order valence-corrected chi connectivity index (χ3v) is 7.92. The van der Waals surface area contributed by atoms with Crippen molar-refractivity contribution < 1.29 is 23.0 Å². The molecular formula is C28H28F3NO2S. The number of thioether (sulfide) groups is 1. The number of halogens is 3. The number of ether oxygens (including phenoxy) is 1. The fraction of sp³-hybridized carbons (Fsp3) is 0.357. The molecule has 0 amide bonds. The minimum Gasteiger partial charge on any atom is -0.508 e. The van der Waals surface area contributed by atoms with E-state index in [-0.39, 0.29) is 17.6 Å². The van der Waals surface area contributed by atoms with Gasteiger partial charge in [-0.2, -0.15) is 13.2 Å². The van der Waals surface area contributed by atoms with E-state index >= 15 is 0 Å². The molecule has 0 aromatic heterocycles. The van der Waals surface area contributed by atoms with Crippen LogP contribution < -0.4 is 4.74 Å². The standard InChI is InChI=1S/C28H28F3NO2S/c29-28(30,31)21-7-3-19(4-8-21)25-18-34-26-12-9-22(33)17-24(26)27(25)20-5-10-23(11-6-20)35-16-15-32-13-1-2-14-32/h3-12,17,25,27,33H,1-2,13-16,18H2/t25-,27-/m1/s1. The SMILES string of the molecule is Oc1ccc2c(c1)[C@@H](c1ccc(SCCN3CCCC3)cc1)[C@@H](c1ccc(C(F)(F)F)cc1)CO2. The number of benzene rings is 3. The molecule has 0 unspecified atom stereocenters. The maximum Gasteiger partial charge on any atom is 0.416 e. The van der Waals surface area contributed by atoms with E-state index in [1.54, 1.807) is 30.3 Å². The molecule has 0 bridgehead atoms. The molecule has 2 aliphatic rings. The molecule has 5 rings (SSSR count). The van der Waals surface area contributed by atoms with Crippen LogP contribution in [0.5, 0.6) is 11.5 Å². The second-order valence-electron chi connectivity index (χ2n) is 9.20. The summed E-state index contributed by atoms with van der Waals surface area (Å²) < 4.78 is 45.3. The summed E-state index contributed by atoms with van der Waals surface area (Å²) in [5.74, 6) is 1.55. The third kappa shape index (κ3) is 5.46. The van der Waals surface area contributed by atoms with Crippen molar-refractivity contribution in [2.45, 2.75) is 35.7 Å². The van der Waals surface area contributed by atoms with Crippen molar-refractivity contribution in [3.63, 3.8) is 0 Å². The van der Waals surface area contributed by atoms with Crippen LogP contribution in [0.15, 0.2) is 71.6 Å². The first kappa shape index (κ1) is 24.1. The smallest absolute Gasteiger partial charge is 0.416 e. The molecule has 3 aromatic carbocycles. The summed E-state index contributed by atoms with van der Waals surface area (Å²) in [6, 6.07) is 18.8. The van der Waals surface area contributed by atoms with Gasteiger partial charge in [-0.1, -0.05) is 24.3 Å². The van der Waals surface area contributed by atoms with Crippen LogP contribution in [0.2, 0.25) is 0 Å². The van der Waals surface area contributed by atoms with Crippen molar-refractivity contribution >= 4 is 11.8 Å². The van der Waals surface area contributed by atoms with Crippen LogP contribution in [0.3, 0.4) is 0 Å². The molecule has 0 aliphatic carbocycles. The maximum atomic E-state index is 13.1. The Balaban J connectivity index is 1.40. The Hall–Kier alpha value is -2.64. The molecule has 7 heteroatoms. The van der Waals surface area contributed by atoms with Gasteiger partial charge in [0.25, 0.3) is 0 Å². The van der Waals surface area contributed by atoms with Crippen molar-refractivity contribution in [2.24, 2.45) is 0 Å². The number of fused-ring (bicyclic) bond motifs is 1. The molecule has 3 nitrogen and oxygen atoms in total. The molecule has 2 aliphatic heterocycles. The summed E-state index contributed by atoms with van der Waals surface area (Å²) in [5.41, 5.74) is 2.01. The molecular weight excluding hydrogens is 471 g/mol. The summed E-state index contributed by atoms with van der Waals surface area (Å²) in [6.45, 7) is 3.83. The van der Waals surface area contributed by atoms with Crippen LogP contribution in [0.25, 0.3) is 0 Å². The Kier molecular flexibility index (Phi) is 6.98. The molecule has 1 N–H and O–H groups in total. The summed E-state index contributed by atoms with van der Waals surface area (Å²) in [6.07, 6.45) is -1.79. The lowest BCUT2D eigenvalue weighted by molar-refractivity contribution is -0.137. The first-order valence-electron chi connectivity index (χ1n) is 12.0. The number of rotatable bonds is 6. The molecule has 184 valence electrons. The van der Waals surface area contributed by atoms with Crippen LogP contribution in [0.1, 0.15) is 46.9 Å². The van der Waals surface area contributed by atoms with E-state index in [1.807, 2.05) is 11.8 Å². The van der Waals surface area contributed by atoms with Gasteiger partial charge in [-0.05, 0) is 79.5 Å². The number of likely N-dealkylation sites (tertiary alicyclic amines) is 1. The van der Waals surface area contributed by atoms with E-state index in [0.29, 0.717) is 12.4 Å². The predicted molar refractivity (Wildman–Crippen MR) is 132 cm³/mol. The molecule has 0 spiro atoms. The molecule has 0 saturated carbocycles. The first-order chi connectivity index (χ1) is 16.9. The Bertz CT molecular complexity index is 1140. The molecule has 2 heterocycles. The van der Waals surface area contributed by atoms with Gasteiger partial charge in [-0.25, -0.2) is 0 Å². The Morgan fingerprint density at radius 1 is 0.914 bits per heavy atom. The quantitative estimate of drug-likeness (QED) is 0.374. The number of alkyl halides is 3. The van der Waals surface area contributed by atoms with Gasteiger partial charge in [0.1, 0.15) is 11.5 Å². The van der Waals surface area contributed by atoms with Gasteiger partial charge >= 0.3 is 6.18 Å². The highest BCUT2D eigenvalue weighted by Gasteiger charge is 2.35. The maximum absolute atomic E-state index is 13.1. The monoisotopic (exact) mass is 499 g/mol. The molecule has 1 fully saturated rings. The number of hydrogen-bond acceptors (Lipinski definition) is 4. The molecule has 0 radical (unpaired) electrons. The van der Waals surface area contributed by atoms with Crippen LogP contribution in [-0.2, 0) is 6.18 Å². The van der Waals surface area contributed by atoms with Crippen LogP contribution in [-0.4, -0.2) is 42.0 Å². The number of hydrogen-bond donors (Lipinski definition) is 1. The second kappa shape index (κ2) is 10.2. The predicted octanol–water partition coefficient (Wildman–Crippen LogP) is 6.91. The van der Waals surface area contributed by atoms with E-state index in [1.165, 1.54) is 30.8 Å². The van der Waals surface area contributed by atoms with E-state index in [2.05, 4.69) is 29.2 Å². The van der Waals surface area contributed by atoms with Gasteiger partial charge in [0.05, 0.1) is 12.2 Å². The largest absolute Gasteiger partial charge is 0.508 e. The minimum absolute atomic E-state index is 0.138. The summed E-state index contributed by atoms with van der Waals surface area (Å²) in [7, 11) is 0.